The van der Waals surface area contributed by atoms with Gasteiger partial charge in [-0.15, -0.1) is 0 Å². The van der Waals surface area contributed by atoms with Crippen molar-refractivity contribution in [1.29, 1.82) is 5.26 Å². The van der Waals surface area contributed by atoms with Gasteiger partial charge < -0.3 is 0 Å². The molecule has 0 saturated heterocycles. The van der Waals surface area contributed by atoms with Gasteiger partial charge in [0.15, 0.2) is 12.4 Å². The number of carbonyl (C=O) groups excluding carboxylic acids is 2. The first kappa shape index (κ1) is 17.8. The van der Waals surface area contributed by atoms with Gasteiger partial charge in [-0.05, 0) is 26.0 Å². The molecule has 22 heavy (non-hydrogen) atoms. The van der Waals surface area contributed by atoms with Crippen molar-refractivity contribution in [2.45, 2.75) is 24.8 Å². The Morgan fingerprint density at radius 2 is 1.91 bits per heavy atom. The Morgan fingerprint density at radius 1 is 1.32 bits per heavy atom. The number of ketones is 1. The van der Waals surface area contributed by atoms with E-state index in [2.05, 4.69) is 9.56 Å². The molecule has 1 amide bonds. The highest BCUT2D eigenvalue weighted by atomic mass is 32.2. The van der Waals surface area contributed by atoms with Gasteiger partial charge in [0, 0.05) is 5.56 Å². The summed E-state index contributed by atoms with van der Waals surface area (Å²) >= 11 is 0. The lowest BCUT2D eigenvalue weighted by atomic mass is 10.2. The van der Waals surface area contributed by atoms with E-state index in [9.17, 15) is 18.0 Å². The van der Waals surface area contributed by atoms with Gasteiger partial charge in [0.25, 0.3) is 5.91 Å². The fourth-order valence-corrected chi connectivity index (χ4v) is 2.65. The minimum atomic E-state index is -3.92. The van der Waals surface area contributed by atoms with Gasteiger partial charge >= 0.3 is 0 Å². The predicted molar refractivity (Wildman–Crippen MR) is 75.9 cm³/mol. The van der Waals surface area contributed by atoms with Crippen LogP contribution in [0.25, 0.3) is 0 Å². The first-order valence-corrected chi connectivity index (χ1v) is 7.68. The van der Waals surface area contributed by atoms with Crippen LogP contribution in [0, 0.1) is 11.3 Å². The molecule has 0 saturated carbocycles. The molecule has 0 heterocycles. The molecule has 0 aliphatic heterocycles. The Kier molecular flexibility index (Phi) is 6.18. The number of nitriles is 1. The number of nitrogens with zero attached hydrogens (tertiary/aromatic N) is 1. The molecule has 1 atom stereocenters. The van der Waals surface area contributed by atoms with Gasteiger partial charge in [-0.1, -0.05) is 12.1 Å². The van der Waals surface area contributed by atoms with E-state index < -0.39 is 22.0 Å². The molecule has 1 aromatic rings. The summed E-state index contributed by atoms with van der Waals surface area (Å²) in [6.45, 7) is 2.35. The van der Waals surface area contributed by atoms with Crippen molar-refractivity contribution < 1.29 is 22.8 Å². The molecular formula is C13H15N3O5S. The summed E-state index contributed by atoms with van der Waals surface area (Å²) in [5, 5.41) is 8.25. The van der Waals surface area contributed by atoms with Crippen molar-refractivity contribution in [1.82, 2.24) is 10.2 Å². The average molecular weight is 325 g/mol. The Hall–Kier alpha value is -2.28. The number of hydrogen-bond acceptors (Lipinski definition) is 6. The van der Waals surface area contributed by atoms with E-state index in [-0.39, 0.29) is 17.3 Å². The summed E-state index contributed by atoms with van der Waals surface area (Å²) in [6.07, 6.45) is 0. The van der Waals surface area contributed by atoms with Gasteiger partial charge in [-0.2, -0.15) is 9.98 Å². The second-order valence-electron chi connectivity index (χ2n) is 4.34. The normalized spacial score (nSPS) is 12.2. The van der Waals surface area contributed by atoms with Gasteiger partial charge in [0.05, 0.1) is 11.0 Å². The highest BCUT2D eigenvalue weighted by molar-refractivity contribution is 7.89. The van der Waals surface area contributed by atoms with E-state index in [4.69, 9.17) is 5.26 Å². The van der Waals surface area contributed by atoms with Crippen LogP contribution in [-0.2, 0) is 19.7 Å². The third-order valence-corrected chi connectivity index (χ3v) is 4.16. The molecule has 0 aromatic heterocycles. The lowest BCUT2D eigenvalue weighted by Gasteiger charge is -2.13. The van der Waals surface area contributed by atoms with Crippen molar-refractivity contribution in [2.75, 3.05) is 6.61 Å². The Labute approximate surface area is 128 Å². The summed E-state index contributed by atoms with van der Waals surface area (Å²) in [7, 11) is -3.92. The van der Waals surface area contributed by atoms with Crippen molar-refractivity contribution in [3.8, 4) is 6.07 Å². The van der Waals surface area contributed by atoms with Gasteiger partial charge in [0.1, 0.15) is 6.04 Å². The zero-order valence-electron chi connectivity index (χ0n) is 12.0. The third-order valence-electron chi connectivity index (χ3n) is 2.61. The van der Waals surface area contributed by atoms with Crippen LogP contribution >= 0.6 is 0 Å². The number of carbonyl (C=O) groups is 2. The largest absolute Gasteiger partial charge is 0.295 e. The highest BCUT2D eigenvalue weighted by Crippen LogP contribution is 2.11. The van der Waals surface area contributed by atoms with Crippen LogP contribution in [-0.4, -0.2) is 32.8 Å². The van der Waals surface area contributed by atoms with Crippen molar-refractivity contribution in [2.24, 2.45) is 0 Å². The molecule has 2 N–H and O–H groups in total. The lowest BCUT2D eigenvalue weighted by molar-refractivity contribution is -0.133. The molecule has 0 spiro atoms. The molecule has 8 nitrogen and oxygen atoms in total. The molecule has 1 aromatic carbocycles. The molecule has 118 valence electrons. The Bertz CT molecular complexity index is 691. The maximum Gasteiger partial charge on any atom is 0.261 e. The molecule has 0 aliphatic rings. The van der Waals surface area contributed by atoms with E-state index in [1.54, 1.807) is 6.07 Å². The van der Waals surface area contributed by atoms with Gasteiger partial charge in [-0.25, -0.2) is 13.9 Å². The summed E-state index contributed by atoms with van der Waals surface area (Å²) in [5.74, 6) is -0.918. The van der Waals surface area contributed by atoms with E-state index in [0.29, 0.717) is 5.56 Å². The second-order valence-corrected chi connectivity index (χ2v) is 6.05. The number of amides is 1. The summed E-state index contributed by atoms with van der Waals surface area (Å²) in [6, 6.07) is 5.87. The number of hydroxylamine groups is 1. The van der Waals surface area contributed by atoms with Crippen molar-refractivity contribution >= 4 is 21.7 Å². The number of Topliss-reactive ketones (excluding diaryl/α,β-unsaturated/α-hetero) is 1. The van der Waals surface area contributed by atoms with Crippen LogP contribution < -0.4 is 10.2 Å². The quantitative estimate of drug-likeness (QED) is 0.417. The zero-order chi connectivity index (χ0) is 16.8. The minimum absolute atomic E-state index is 0.0740. The molecule has 0 aliphatic carbocycles. The topological polar surface area (TPSA) is 125 Å². The molecular weight excluding hydrogens is 310 g/mol. The van der Waals surface area contributed by atoms with E-state index >= 15 is 0 Å². The monoisotopic (exact) mass is 325 g/mol. The SMILES string of the molecule is CC(=O)c1ccc(S(=O)(=O)NC(C)C(=O)NOCC#N)cc1. The van der Waals surface area contributed by atoms with Crippen molar-refractivity contribution in [3.63, 3.8) is 0 Å². The number of nitrogens with one attached hydrogen (secondary N) is 2. The van der Waals surface area contributed by atoms with Crippen LogP contribution in [0.3, 0.4) is 0 Å². The molecule has 9 heteroatoms. The van der Waals surface area contributed by atoms with E-state index in [1.807, 2.05) is 5.48 Å². The van der Waals surface area contributed by atoms with Crippen LogP contribution in [0.4, 0.5) is 0 Å². The molecule has 0 bridgehead atoms. The molecule has 0 fully saturated rings. The number of rotatable bonds is 7. The zero-order valence-corrected chi connectivity index (χ0v) is 12.8. The minimum Gasteiger partial charge on any atom is -0.295 e. The molecule has 1 rings (SSSR count). The smallest absolute Gasteiger partial charge is 0.261 e. The van der Waals surface area contributed by atoms with Gasteiger partial charge in [0.2, 0.25) is 10.0 Å². The van der Waals surface area contributed by atoms with Gasteiger partial charge in [-0.3, -0.25) is 14.4 Å². The van der Waals surface area contributed by atoms with Crippen LogP contribution in [0.15, 0.2) is 29.2 Å². The maximum atomic E-state index is 12.1. The van der Waals surface area contributed by atoms with E-state index in [1.165, 1.54) is 38.1 Å². The maximum absolute atomic E-state index is 12.1. The first-order valence-electron chi connectivity index (χ1n) is 6.20. The lowest BCUT2D eigenvalue weighted by Crippen LogP contribution is -2.44. The Morgan fingerprint density at radius 3 is 2.41 bits per heavy atom. The Balaban J connectivity index is 2.76. The average Bonchev–Trinajstić information content (AvgIpc) is 2.47. The molecule has 1 unspecified atom stereocenters. The predicted octanol–water partition coefficient (Wildman–Crippen LogP) is 0.127. The summed E-state index contributed by atoms with van der Waals surface area (Å²) in [4.78, 5) is 27.1. The highest BCUT2D eigenvalue weighted by Gasteiger charge is 2.22. The molecule has 0 radical (unpaired) electrons. The second kappa shape index (κ2) is 7.65. The standard InChI is InChI=1S/C13H15N3O5S/c1-9(13(18)15-21-8-7-14)16-22(19,20)12-5-3-11(4-6-12)10(2)17/h3-6,9,16H,8H2,1-2H3,(H,15,18). The fraction of sp³-hybridized carbons (Fsp3) is 0.308. The van der Waals surface area contributed by atoms with E-state index in [0.717, 1.165) is 0 Å². The van der Waals surface area contributed by atoms with Crippen molar-refractivity contribution in [3.05, 3.63) is 29.8 Å². The summed E-state index contributed by atoms with van der Waals surface area (Å²) < 4.78 is 26.3. The van der Waals surface area contributed by atoms with Crippen LogP contribution in [0.2, 0.25) is 0 Å². The number of sulfonamides is 1. The first-order chi connectivity index (χ1) is 10.3. The van der Waals surface area contributed by atoms with Crippen LogP contribution in [0.5, 0.6) is 0 Å². The summed E-state index contributed by atoms with van der Waals surface area (Å²) in [5.41, 5.74) is 2.33. The van der Waals surface area contributed by atoms with Crippen LogP contribution in [0.1, 0.15) is 24.2 Å². The fourth-order valence-electron chi connectivity index (χ4n) is 1.45. The third kappa shape index (κ3) is 4.92. The number of hydrogen-bond donors (Lipinski definition) is 2. The number of benzene rings is 1.